The number of rotatable bonds is 3. The largest absolute Gasteiger partial charge is 0.426 e. The highest BCUT2D eigenvalue weighted by atomic mass is 32.2. The molecular formula is C18H19NO4S. The van der Waals surface area contributed by atoms with Gasteiger partial charge in [0.15, 0.2) is 0 Å². The second-order valence-corrected chi connectivity index (χ2v) is 7.15. The van der Waals surface area contributed by atoms with Gasteiger partial charge in [-0.25, -0.2) is 0 Å². The minimum atomic E-state index is -0.379. The van der Waals surface area contributed by atoms with Crippen LogP contribution in [0.2, 0.25) is 0 Å². The molecule has 2 fully saturated rings. The van der Waals surface area contributed by atoms with Crippen molar-refractivity contribution in [2.24, 2.45) is 5.92 Å². The van der Waals surface area contributed by atoms with Crippen LogP contribution in [0.1, 0.15) is 43.2 Å². The van der Waals surface area contributed by atoms with Gasteiger partial charge in [0.05, 0.1) is 10.8 Å². The average Bonchev–Trinajstić information content (AvgIpc) is 2.88. The normalized spacial score (nSPS) is 20.3. The quantitative estimate of drug-likeness (QED) is 0.512. The first-order valence-electron chi connectivity index (χ1n) is 8.10. The molecule has 1 heterocycles. The summed E-state index contributed by atoms with van der Waals surface area (Å²) in [6, 6.07) is 5.36. The fourth-order valence-electron chi connectivity index (χ4n) is 2.98. The lowest BCUT2D eigenvalue weighted by Gasteiger charge is -2.20. The van der Waals surface area contributed by atoms with Crippen LogP contribution in [0.3, 0.4) is 0 Å². The molecule has 1 saturated heterocycles. The highest BCUT2D eigenvalue weighted by molar-refractivity contribution is 8.18. The van der Waals surface area contributed by atoms with Crippen LogP contribution in [-0.2, 0) is 9.59 Å². The van der Waals surface area contributed by atoms with E-state index in [9.17, 15) is 14.4 Å². The van der Waals surface area contributed by atoms with Gasteiger partial charge in [0.2, 0.25) is 0 Å². The van der Waals surface area contributed by atoms with Crippen molar-refractivity contribution in [1.82, 2.24) is 5.32 Å². The van der Waals surface area contributed by atoms with Crippen molar-refractivity contribution in [3.05, 3.63) is 34.2 Å². The molecule has 6 heteroatoms. The first-order chi connectivity index (χ1) is 11.5. The van der Waals surface area contributed by atoms with Gasteiger partial charge in [-0.1, -0.05) is 25.3 Å². The number of amides is 2. The van der Waals surface area contributed by atoms with E-state index >= 15 is 0 Å². The molecule has 1 aromatic rings. The molecule has 0 spiro atoms. The van der Waals surface area contributed by atoms with Crippen LogP contribution in [0.5, 0.6) is 5.75 Å². The summed E-state index contributed by atoms with van der Waals surface area (Å²) in [5, 5.41) is 1.86. The molecule has 1 aromatic carbocycles. The van der Waals surface area contributed by atoms with Crippen LogP contribution in [0, 0.1) is 12.8 Å². The van der Waals surface area contributed by atoms with Gasteiger partial charge in [-0.15, -0.1) is 0 Å². The first-order valence-corrected chi connectivity index (χ1v) is 8.92. The zero-order valence-electron chi connectivity index (χ0n) is 13.5. The Hall–Kier alpha value is -2.08. The van der Waals surface area contributed by atoms with Crippen molar-refractivity contribution in [2.45, 2.75) is 39.0 Å². The third-order valence-corrected chi connectivity index (χ3v) is 5.10. The van der Waals surface area contributed by atoms with E-state index in [1.165, 1.54) is 6.42 Å². The maximum absolute atomic E-state index is 12.2. The van der Waals surface area contributed by atoms with Crippen LogP contribution >= 0.6 is 11.8 Å². The molecule has 0 unspecified atom stereocenters. The Balaban J connectivity index is 1.70. The van der Waals surface area contributed by atoms with Crippen molar-refractivity contribution < 1.29 is 19.1 Å². The van der Waals surface area contributed by atoms with Gasteiger partial charge in [-0.05, 0) is 60.9 Å². The summed E-state index contributed by atoms with van der Waals surface area (Å²) in [5.41, 5.74) is 1.61. The number of carbonyl (C=O) groups excluding carboxylic acids is 3. The lowest BCUT2D eigenvalue weighted by Crippen LogP contribution is -2.23. The molecule has 0 aromatic heterocycles. The highest BCUT2D eigenvalue weighted by Crippen LogP contribution is 2.29. The molecule has 3 rings (SSSR count). The molecule has 1 aliphatic carbocycles. The molecule has 2 amide bonds. The Labute approximate surface area is 144 Å². The number of thioether (sulfide) groups is 1. The van der Waals surface area contributed by atoms with E-state index in [0.29, 0.717) is 10.7 Å². The topological polar surface area (TPSA) is 72.5 Å². The number of hydrogen-bond acceptors (Lipinski definition) is 5. The van der Waals surface area contributed by atoms with E-state index in [0.717, 1.165) is 48.6 Å². The number of ether oxygens (including phenoxy) is 1. The van der Waals surface area contributed by atoms with E-state index in [1.807, 2.05) is 13.0 Å². The number of imide groups is 1. The van der Waals surface area contributed by atoms with Crippen molar-refractivity contribution in [3.63, 3.8) is 0 Å². The van der Waals surface area contributed by atoms with Crippen molar-refractivity contribution in [3.8, 4) is 5.75 Å². The number of hydrogen-bond donors (Lipinski definition) is 1. The summed E-state index contributed by atoms with van der Waals surface area (Å²) in [6.45, 7) is 1.86. The molecule has 24 heavy (non-hydrogen) atoms. The van der Waals surface area contributed by atoms with E-state index in [2.05, 4.69) is 5.32 Å². The van der Waals surface area contributed by atoms with Crippen LogP contribution in [0.4, 0.5) is 4.79 Å². The average molecular weight is 345 g/mol. The van der Waals surface area contributed by atoms with Crippen molar-refractivity contribution in [2.75, 3.05) is 0 Å². The van der Waals surface area contributed by atoms with E-state index < -0.39 is 0 Å². The molecule has 126 valence electrons. The Kier molecular flexibility index (Phi) is 5.04. The monoisotopic (exact) mass is 345 g/mol. The van der Waals surface area contributed by atoms with E-state index in [1.54, 1.807) is 18.2 Å². The molecule has 2 aliphatic rings. The van der Waals surface area contributed by atoms with Gasteiger partial charge in [-0.2, -0.15) is 0 Å². The molecule has 0 atom stereocenters. The Bertz CT molecular complexity index is 720. The van der Waals surface area contributed by atoms with E-state index in [-0.39, 0.29) is 23.0 Å². The standard InChI is InChI=1S/C18H19NO4S/c1-11-9-12(10-15-16(20)19-18(22)24-15)7-8-14(11)23-17(21)13-5-3-2-4-6-13/h7-10,13H,2-6H2,1H3,(H,19,20,22)/b15-10-. The third-order valence-electron chi connectivity index (χ3n) is 4.29. The fraction of sp³-hybridized carbons (Fsp3) is 0.389. The van der Waals surface area contributed by atoms with Gasteiger partial charge in [0.25, 0.3) is 11.1 Å². The summed E-state index contributed by atoms with van der Waals surface area (Å²) in [4.78, 5) is 35.4. The summed E-state index contributed by atoms with van der Waals surface area (Å²) in [5.74, 6) is 0.0209. The maximum atomic E-state index is 12.2. The fourth-order valence-corrected chi connectivity index (χ4v) is 3.66. The minimum Gasteiger partial charge on any atom is -0.426 e. The zero-order chi connectivity index (χ0) is 17.1. The lowest BCUT2D eigenvalue weighted by molar-refractivity contribution is -0.140. The van der Waals surface area contributed by atoms with Crippen LogP contribution in [0.15, 0.2) is 23.1 Å². The molecule has 1 saturated carbocycles. The summed E-state index contributed by atoms with van der Waals surface area (Å²) in [7, 11) is 0. The Morgan fingerprint density at radius 1 is 1.25 bits per heavy atom. The SMILES string of the molecule is Cc1cc(/C=C2\SC(=O)NC2=O)ccc1OC(=O)C1CCCCC1. The second kappa shape index (κ2) is 7.21. The number of aryl methyl sites for hydroxylation is 1. The third kappa shape index (κ3) is 3.87. The summed E-state index contributed by atoms with van der Waals surface area (Å²) >= 11 is 0.884. The van der Waals surface area contributed by atoms with Gasteiger partial charge in [-0.3, -0.25) is 19.7 Å². The molecule has 0 bridgehead atoms. The van der Waals surface area contributed by atoms with Crippen molar-refractivity contribution >= 4 is 35.0 Å². The zero-order valence-corrected chi connectivity index (χ0v) is 14.3. The van der Waals surface area contributed by atoms with E-state index in [4.69, 9.17) is 4.74 Å². The predicted molar refractivity (Wildman–Crippen MR) is 92.5 cm³/mol. The molecule has 1 aliphatic heterocycles. The molecule has 5 nitrogen and oxygen atoms in total. The lowest BCUT2D eigenvalue weighted by atomic mass is 9.89. The first kappa shape index (κ1) is 16.8. The van der Waals surface area contributed by atoms with Crippen molar-refractivity contribution in [1.29, 1.82) is 0 Å². The molecular weight excluding hydrogens is 326 g/mol. The van der Waals surface area contributed by atoms with Crippen LogP contribution in [0.25, 0.3) is 6.08 Å². The Morgan fingerprint density at radius 2 is 2.00 bits per heavy atom. The van der Waals surface area contributed by atoms with Gasteiger partial charge < -0.3 is 4.74 Å². The van der Waals surface area contributed by atoms with Gasteiger partial charge in [0.1, 0.15) is 5.75 Å². The Morgan fingerprint density at radius 3 is 2.62 bits per heavy atom. The second-order valence-electron chi connectivity index (χ2n) is 6.13. The minimum absolute atomic E-state index is 0.00421. The van der Waals surface area contributed by atoms with Crippen LogP contribution < -0.4 is 10.1 Å². The highest BCUT2D eigenvalue weighted by Gasteiger charge is 2.25. The van der Waals surface area contributed by atoms with Gasteiger partial charge >= 0.3 is 5.97 Å². The predicted octanol–water partition coefficient (Wildman–Crippen LogP) is 3.80. The maximum Gasteiger partial charge on any atom is 0.314 e. The number of esters is 1. The number of carbonyl (C=O) groups is 3. The number of nitrogens with one attached hydrogen (secondary N) is 1. The molecule has 0 radical (unpaired) electrons. The molecule has 1 N–H and O–H groups in total. The van der Waals surface area contributed by atoms with Gasteiger partial charge in [0, 0.05) is 0 Å². The number of benzene rings is 1. The summed E-state index contributed by atoms with van der Waals surface area (Å²) in [6.07, 6.45) is 6.84. The van der Waals surface area contributed by atoms with Crippen LogP contribution in [-0.4, -0.2) is 17.1 Å². The summed E-state index contributed by atoms with van der Waals surface area (Å²) < 4.78 is 5.55. The smallest absolute Gasteiger partial charge is 0.314 e.